The van der Waals surface area contributed by atoms with E-state index in [4.69, 9.17) is 0 Å². The minimum atomic E-state index is -2.68. The van der Waals surface area contributed by atoms with E-state index in [1.165, 1.54) is 17.3 Å². The topological polar surface area (TPSA) is 17.1 Å². The maximum Gasteiger partial charge on any atom is 0.167 e. The van der Waals surface area contributed by atoms with Gasteiger partial charge >= 0.3 is 0 Å². The lowest BCUT2D eigenvalue weighted by Crippen LogP contribution is -2.19. The standard InChI is InChI=1S/C19H21OP/c1-16-10-8-9-15-19(16)21(20,17-11-4-2-5-12-17)18-13-6-3-7-14-18/h2-7,11-14H,8-10,15H2,1H3. The van der Waals surface area contributed by atoms with E-state index in [2.05, 4.69) is 6.92 Å². The summed E-state index contributed by atoms with van der Waals surface area (Å²) in [7, 11) is -2.68. The van der Waals surface area contributed by atoms with Crippen LogP contribution >= 0.6 is 7.14 Å². The summed E-state index contributed by atoms with van der Waals surface area (Å²) in [6.45, 7) is 2.16. The van der Waals surface area contributed by atoms with Gasteiger partial charge in [0.15, 0.2) is 7.14 Å². The van der Waals surface area contributed by atoms with Gasteiger partial charge in [0.2, 0.25) is 0 Å². The number of hydrogen-bond acceptors (Lipinski definition) is 1. The van der Waals surface area contributed by atoms with Crippen LogP contribution in [0.4, 0.5) is 0 Å². The van der Waals surface area contributed by atoms with Crippen LogP contribution in [0.15, 0.2) is 71.6 Å². The fourth-order valence-corrected chi connectivity index (χ4v) is 6.43. The third-order valence-electron chi connectivity index (χ3n) is 4.33. The van der Waals surface area contributed by atoms with Crippen molar-refractivity contribution in [1.82, 2.24) is 0 Å². The van der Waals surface area contributed by atoms with Gasteiger partial charge in [0.1, 0.15) is 0 Å². The summed E-state index contributed by atoms with van der Waals surface area (Å²) in [5.41, 5.74) is 1.33. The van der Waals surface area contributed by atoms with E-state index in [0.717, 1.165) is 29.9 Å². The summed E-state index contributed by atoms with van der Waals surface area (Å²) < 4.78 is 14.1. The molecule has 0 atom stereocenters. The Kier molecular flexibility index (Phi) is 4.12. The van der Waals surface area contributed by atoms with Gasteiger partial charge in [-0.3, -0.25) is 0 Å². The molecular formula is C19H21OP. The van der Waals surface area contributed by atoms with E-state index in [1.807, 2.05) is 60.7 Å². The van der Waals surface area contributed by atoms with E-state index in [-0.39, 0.29) is 0 Å². The molecule has 3 rings (SSSR count). The molecule has 21 heavy (non-hydrogen) atoms. The smallest absolute Gasteiger partial charge is 0.167 e. The van der Waals surface area contributed by atoms with Crippen molar-refractivity contribution in [3.05, 3.63) is 71.6 Å². The van der Waals surface area contributed by atoms with Gasteiger partial charge in [-0.05, 0) is 37.9 Å². The summed E-state index contributed by atoms with van der Waals surface area (Å²) in [5.74, 6) is 0. The molecule has 0 N–H and O–H groups in total. The summed E-state index contributed by atoms with van der Waals surface area (Å²) >= 11 is 0. The van der Waals surface area contributed by atoms with Crippen molar-refractivity contribution in [1.29, 1.82) is 0 Å². The second kappa shape index (κ2) is 6.03. The predicted octanol–water partition coefficient (Wildman–Crippen LogP) is 4.85. The van der Waals surface area contributed by atoms with Gasteiger partial charge in [-0.15, -0.1) is 0 Å². The Labute approximate surface area is 127 Å². The number of rotatable bonds is 3. The first-order valence-corrected chi connectivity index (χ1v) is 9.34. The molecule has 0 bridgehead atoms. The zero-order valence-electron chi connectivity index (χ0n) is 12.5. The molecule has 2 aromatic rings. The van der Waals surface area contributed by atoms with Crippen molar-refractivity contribution >= 4 is 17.8 Å². The average Bonchev–Trinajstić information content (AvgIpc) is 2.56. The van der Waals surface area contributed by atoms with Crippen molar-refractivity contribution in [3.8, 4) is 0 Å². The first-order valence-electron chi connectivity index (χ1n) is 7.63. The molecule has 2 aromatic carbocycles. The van der Waals surface area contributed by atoms with Crippen LogP contribution in [0.5, 0.6) is 0 Å². The number of allylic oxidation sites excluding steroid dienone is 2. The van der Waals surface area contributed by atoms with Crippen LogP contribution < -0.4 is 10.6 Å². The van der Waals surface area contributed by atoms with Gasteiger partial charge in [-0.25, -0.2) is 0 Å². The molecule has 0 aromatic heterocycles. The predicted molar refractivity (Wildman–Crippen MR) is 90.9 cm³/mol. The largest absolute Gasteiger partial charge is 0.309 e. The Morgan fingerprint density at radius 3 is 1.71 bits per heavy atom. The van der Waals surface area contributed by atoms with Gasteiger partial charge in [-0.2, -0.15) is 0 Å². The normalized spacial score (nSPS) is 16.0. The minimum Gasteiger partial charge on any atom is -0.309 e. The Morgan fingerprint density at radius 1 is 0.762 bits per heavy atom. The molecule has 1 nitrogen and oxygen atoms in total. The first kappa shape index (κ1) is 14.4. The summed E-state index contributed by atoms with van der Waals surface area (Å²) in [5, 5.41) is 3.12. The molecule has 0 amide bonds. The molecular weight excluding hydrogens is 275 g/mol. The maximum atomic E-state index is 14.1. The third kappa shape index (κ3) is 2.63. The molecule has 0 spiro atoms. The molecule has 0 fully saturated rings. The second-order valence-corrected chi connectivity index (χ2v) is 8.51. The van der Waals surface area contributed by atoms with Crippen molar-refractivity contribution in [3.63, 3.8) is 0 Å². The summed E-state index contributed by atoms with van der Waals surface area (Å²) in [6.07, 6.45) is 4.42. The van der Waals surface area contributed by atoms with E-state index in [9.17, 15) is 4.57 Å². The van der Waals surface area contributed by atoms with Crippen LogP contribution in [0.2, 0.25) is 0 Å². The molecule has 0 heterocycles. The van der Waals surface area contributed by atoms with Crippen LogP contribution in [0.1, 0.15) is 32.6 Å². The van der Waals surface area contributed by atoms with E-state index >= 15 is 0 Å². The van der Waals surface area contributed by atoms with Crippen LogP contribution in [-0.4, -0.2) is 0 Å². The fourth-order valence-electron chi connectivity index (χ4n) is 3.20. The van der Waals surface area contributed by atoms with Crippen molar-refractivity contribution in [2.45, 2.75) is 32.6 Å². The van der Waals surface area contributed by atoms with Gasteiger partial charge in [0.05, 0.1) is 0 Å². The highest BCUT2D eigenvalue weighted by molar-refractivity contribution is 7.82. The first-order chi connectivity index (χ1) is 10.2. The highest BCUT2D eigenvalue weighted by Gasteiger charge is 2.33. The highest BCUT2D eigenvalue weighted by Crippen LogP contribution is 2.56. The van der Waals surface area contributed by atoms with E-state index in [1.54, 1.807) is 0 Å². The highest BCUT2D eigenvalue weighted by atomic mass is 31.2. The molecule has 0 saturated heterocycles. The van der Waals surface area contributed by atoms with Gasteiger partial charge < -0.3 is 4.57 Å². The van der Waals surface area contributed by atoms with E-state index in [0.29, 0.717) is 0 Å². The van der Waals surface area contributed by atoms with Crippen molar-refractivity contribution < 1.29 is 4.57 Å². The molecule has 1 aliphatic rings. The Hall–Kier alpha value is -1.59. The van der Waals surface area contributed by atoms with Gasteiger partial charge in [0.25, 0.3) is 0 Å². The number of hydrogen-bond donors (Lipinski definition) is 0. The summed E-state index contributed by atoms with van der Waals surface area (Å²) in [4.78, 5) is 0. The van der Waals surface area contributed by atoms with Crippen LogP contribution in [0.3, 0.4) is 0 Å². The SMILES string of the molecule is CC1=C(P(=O)(c2ccccc2)c2ccccc2)CCCC1. The zero-order valence-corrected chi connectivity index (χ0v) is 13.4. The maximum absolute atomic E-state index is 14.1. The van der Waals surface area contributed by atoms with E-state index < -0.39 is 7.14 Å². The molecule has 0 saturated carbocycles. The van der Waals surface area contributed by atoms with Crippen LogP contribution in [0, 0.1) is 0 Å². The average molecular weight is 296 g/mol. The third-order valence-corrected chi connectivity index (χ3v) is 7.74. The fraction of sp³-hybridized carbons (Fsp3) is 0.263. The molecule has 0 radical (unpaired) electrons. The quantitative estimate of drug-likeness (QED) is 0.740. The molecule has 0 unspecified atom stereocenters. The lowest BCUT2D eigenvalue weighted by atomic mass is 10.0. The van der Waals surface area contributed by atoms with Crippen molar-refractivity contribution in [2.75, 3.05) is 0 Å². The van der Waals surface area contributed by atoms with Gasteiger partial charge in [0, 0.05) is 10.6 Å². The number of benzene rings is 2. The molecule has 108 valence electrons. The molecule has 2 heteroatoms. The van der Waals surface area contributed by atoms with Crippen LogP contribution in [0.25, 0.3) is 0 Å². The monoisotopic (exact) mass is 296 g/mol. The Bertz CT molecular complexity index is 643. The second-order valence-electron chi connectivity index (χ2n) is 5.71. The Morgan fingerprint density at radius 2 is 1.24 bits per heavy atom. The van der Waals surface area contributed by atoms with Gasteiger partial charge in [-0.1, -0.05) is 66.2 Å². The van der Waals surface area contributed by atoms with Crippen molar-refractivity contribution in [2.24, 2.45) is 0 Å². The minimum absolute atomic E-state index is 0.965. The Balaban J connectivity index is 2.24. The molecule has 1 aliphatic carbocycles. The summed E-state index contributed by atoms with van der Waals surface area (Å²) in [6, 6.07) is 20.0. The lowest BCUT2D eigenvalue weighted by Gasteiger charge is -2.27. The lowest BCUT2D eigenvalue weighted by molar-refractivity contribution is 0.585. The van der Waals surface area contributed by atoms with Crippen LogP contribution in [-0.2, 0) is 4.57 Å². The zero-order chi connectivity index (χ0) is 14.7. The molecule has 0 aliphatic heterocycles.